The highest BCUT2D eigenvalue weighted by molar-refractivity contribution is 7.12. The SMILES string of the molecule is COCCN(CC(=O)N1N=C(c2cccs2)CC1c1ccco1)C(=O)CC(C)(C)C. The summed E-state index contributed by atoms with van der Waals surface area (Å²) >= 11 is 1.59. The van der Waals surface area contributed by atoms with Gasteiger partial charge in [0.2, 0.25) is 5.91 Å². The fraction of sp³-hybridized carbons (Fsp3) is 0.500. The van der Waals surface area contributed by atoms with Crippen LogP contribution in [0, 0.1) is 5.41 Å². The lowest BCUT2D eigenvalue weighted by Crippen LogP contribution is -2.43. The van der Waals surface area contributed by atoms with Gasteiger partial charge in [0.05, 0.1) is 23.5 Å². The molecule has 0 bridgehead atoms. The van der Waals surface area contributed by atoms with Crippen molar-refractivity contribution in [2.24, 2.45) is 10.5 Å². The van der Waals surface area contributed by atoms with E-state index in [0.717, 1.165) is 10.6 Å². The van der Waals surface area contributed by atoms with E-state index in [2.05, 4.69) is 5.10 Å². The van der Waals surface area contributed by atoms with Crippen molar-refractivity contribution in [3.05, 3.63) is 46.5 Å². The molecule has 2 amide bonds. The van der Waals surface area contributed by atoms with E-state index in [1.165, 1.54) is 5.01 Å². The van der Waals surface area contributed by atoms with Crippen LogP contribution in [0.15, 0.2) is 45.4 Å². The lowest BCUT2D eigenvalue weighted by Gasteiger charge is -2.28. The van der Waals surface area contributed by atoms with Crippen LogP contribution in [-0.4, -0.2) is 54.2 Å². The van der Waals surface area contributed by atoms with Gasteiger partial charge in [-0.05, 0) is 29.0 Å². The Bertz CT molecular complexity index is 869. The van der Waals surface area contributed by atoms with Crippen LogP contribution in [-0.2, 0) is 14.3 Å². The van der Waals surface area contributed by atoms with Gasteiger partial charge in [0.15, 0.2) is 0 Å². The molecule has 2 aromatic rings. The van der Waals surface area contributed by atoms with Crippen LogP contribution in [0.3, 0.4) is 0 Å². The van der Waals surface area contributed by atoms with Crippen LogP contribution in [0.4, 0.5) is 0 Å². The van der Waals surface area contributed by atoms with Crippen molar-refractivity contribution in [1.82, 2.24) is 9.91 Å². The Morgan fingerprint density at radius 1 is 1.33 bits per heavy atom. The summed E-state index contributed by atoms with van der Waals surface area (Å²) in [7, 11) is 1.58. The molecule has 3 rings (SSSR count). The number of rotatable bonds is 8. The highest BCUT2D eigenvalue weighted by Crippen LogP contribution is 2.34. The third kappa shape index (κ3) is 5.58. The topological polar surface area (TPSA) is 75.3 Å². The summed E-state index contributed by atoms with van der Waals surface area (Å²) in [6.45, 7) is 6.70. The first-order chi connectivity index (χ1) is 14.3. The molecular weight excluding hydrogens is 402 g/mol. The first-order valence-electron chi connectivity index (χ1n) is 10.0. The number of carbonyl (C=O) groups is 2. The van der Waals surface area contributed by atoms with Gasteiger partial charge in [-0.2, -0.15) is 5.10 Å². The molecule has 1 aliphatic rings. The molecule has 0 fully saturated rings. The number of nitrogens with zero attached hydrogens (tertiary/aromatic N) is 3. The average molecular weight is 432 g/mol. The standard InChI is InChI=1S/C22H29N3O4S/c1-22(2,3)14-20(26)24(9-11-28-4)15-21(27)25-17(18-7-5-10-29-18)13-16(23-25)19-8-6-12-30-19/h5-8,10,12,17H,9,11,13-15H2,1-4H3. The summed E-state index contributed by atoms with van der Waals surface area (Å²) in [6, 6.07) is 7.30. The predicted molar refractivity (Wildman–Crippen MR) is 116 cm³/mol. The number of methoxy groups -OCH3 is 1. The third-order valence-corrected chi connectivity index (χ3v) is 5.69. The van der Waals surface area contributed by atoms with E-state index in [9.17, 15) is 9.59 Å². The Morgan fingerprint density at radius 2 is 2.13 bits per heavy atom. The lowest BCUT2D eigenvalue weighted by atomic mass is 9.91. The number of ether oxygens (including phenoxy) is 1. The molecule has 1 aliphatic heterocycles. The fourth-order valence-corrected chi connectivity index (χ4v) is 4.05. The van der Waals surface area contributed by atoms with Crippen molar-refractivity contribution in [3.63, 3.8) is 0 Å². The number of hydrogen-bond donors (Lipinski definition) is 0. The van der Waals surface area contributed by atoms with Gasteiger partial charge >= 0.3 is 0 Å². The average Bonchev–Trinajstić information content (AvgIpc) is 3.43. The van der Waals surface area contributed by atoms with Crippen molar-refractivity contribution in [2.75, 3.05) is 26.8 Å². The Balaban J connectivity index is 1.80. The van der Waals surface area contributed by atoms with Crippen LogP contribution >= 0.6 is 11.3 Å². The molecule has 0 aromatic carbocycles. The summed E-state index contributed by atoms with van der Waals surface area (Å²) in [6.07, 6.45) is 2.53. The largest absolute Gasteiger partial charge is 0.467 e. The van der Waals surface area contributed by atoms with Crippen LogP contribution < -0.4 is 0 Å². The minimum atomic E-state index is -0.313. The van der Waals surface area contributed by atoms with Gasteiger partial charge in [-0.15, -0.1) is 11.3 Å². The van der Waals surface area contributed by atoms with Gasteiger partial charge in [0, 0.05) is 26.5 Å². The molecule has 0 saturated heterocycles. The van der Waals surface area contributed by atoms with Gasteiger partial charge in [-0.1, -0.05) is 26.8 Å². The zero-order valence-corrected chi connectivity index (χ0v) is 18.8. The van der Waals surface area contributed by atoms with E-state index >= 15 is 0 Å². The molecule has 1 unspecified atom stereocenters. The van der Waals surface area contributed by atoms with Crippen LogP contribution in [0.25, 0.3) is 0 Å². The molecule has 0 saturated carbocycles. The van der Waals surface area contributed by atoms with Gasteiger partial charge in [0.1, 0.15) is 18.3 Å². The summed E-state index contributed by atoms with van der Waals surface area (Å²) in [5.41, 5.74) is 0.685. The Hall–Kier alpha value is -2.45. The molecule has 30 heavy (non-hydrogen) atoms. The molecule has 0 N–H and O–H groups in total. The summed E-state index contributed by atoms with van der Waals surface area (Å²) in [4.78, 5) is 28.7. The summed E-state index contributed by atoms with van der Waals surface area (Å²) in [5.74, 6) is 0.383. The van der Waals surface area contributed by atoms with Gasteiger partial charge in [0.25, 0.3) is 5.91 Å². The molecular formula is C22H29N3O4S. The normalized spacial score (nSPS) is 16.6. The summed E-state index contributed by atoms with van der Waals surface area (Å²) in [5, 5.41) is 8.08. The highest BCUT2D eigenvalue weighted by atomic mass is 32.1. The number of thiophene rings is 1. The molecule has 162 valence electrons. The molecule has 7 nitrogen and oxygen atoms in total. The van der Waals surface area contributed by atoms with Gasteiger partial charge in [-0.3, -0.25) is 9.59 Å². The molecule has 8 heteroatoms. The number of carbonyl (C=O) groups excluding carboxylic acids is 2. The van der Waals surface area contributed by atoms with Crippen LogP contribution in [0.5, 0.6) is 0 Å². The van der Waals surface area contributed by atoms with Gasteiger partial charge in [-0.25, -0.2) is 5.01 Å². The number of amides is 2. The minimum Gasteiger partial charge on any atom is -0.467 e. The highest BCUT2D eigenvalue weighted by Gasteiger charge is 2.36. The first-order valence-corrected chi connectivity index (χ1v) is 10.9. The molecule has 0 aliphatic carbocycles. The zero-order valence-electron chi connectivity index (χ0n) is 18.0. The van der Waals surface area contributed by atoms with E-state index in [4.69, 9.17) is 9.15 Å². The number of furan rings is 1. The fourth-order valence-electron chi connectivity index (χ4n) is 3.33. The first kappa shape index (κ1) is 22.2. The van der Waals surface area contributed by atoms with Crippen molar-refractivity contribution < 1.29 is 18.7 Å². The smallest absolute Gasteiger partial charge is 0.262 e. The number of hydrazone groups is 1. The molecule has 0 radical (unpaired) electrons. The molecule has 2 aromatic heterocycles. The van der Waals surface area contributed by atoms with Crippen molar-refractivity contribution in [2.45, 2.75) is 39.7 Å². The van der Waals surface area contributed by atoms with E-state index in [-0.39, 0.29) is 29.8 Å². The summed E-state index contributed by atoms with van der Waals surface area (Å²) < 4.78 is 10.7. The van der Waals surface area contributed by atoms with Crippen LogP contribution in [0.2, 0.25) is 0 Å². The van der Waals surface area contributed by atoms with E-state index in [1.54, 1.807) is 35.7 Å². The zero-order chi connectivity index (χ0) is 21.7. The maximum absolute atomic E-state index is 13.3. The molecule has 1 atom stereocenters. The molecule has 0 spiro atoms. The maximum Gasteiger partial charge on any atom is 0.262 e. The Kier molecular flexibility index (Phi) is 7.10. The quantitative estimate of drug-likeness (QED) is 0.635. The van der Waals surface area contributed by atoms with Crippen molar-refractivity contribution in [3.8, 4) is 0 Å². The third-order valence-electron chi connectivity index (χ3n) is 4.77. The second kappa shape index (κ2) is 9.57. The monoisotopic (exact) mass is 431 g/mol. The molecule has 3 heterocycles. The van der Waals surface area contributed by atoms with E-state index < -0.39 is 0 Å². The van der Waals surface area contributed by atoms with Gasteiger partial charge < -0.3 is 14.1 Å². The van der Waals surface area contributed by atoms with Crippen molar-refractivity contribution >= 4 is 28.9 Å². The Morgan fingerprint density at radius 3 is 2.73 bits per heavy atom. The van der Waals surface area contributed by atoms with Crippen LogP contribution in [0.1, 0.15) is 50.3 Å². The lowest BCUT2D eigenvalue weighted by molar-refractivity contribution is -0.143. The second-order valence-electron chi connectivity index (χ2n) is 8.54. The Labute approximate surface area is 181 Å². The number of hydrogen-bond acceptors (Lipinski definition) is 6. The van der Waals surface area contributed by atoms with E-state index in [1.807, 2.05) is 44.4 Å². The maximum atomic E-state index is 13.3. The second-order valence-corrected chi connectivity index (χ2v) is 9.49. The minimum absolute atomic E-state index is 0.0449. The van der Waals surface area contributed by atoms with Crippen molar-refractivity contribution in [1.29, 1.82) is 0 Å². The predicted octanol–water partition coefficient (Wildman–Crippen LogP) is 3.93. The van der Waals surface area contributed by atoms with E-state index in [0.29, 0.717) is 31.8 Å².